The van der Waals surface area contributed by atoms with E-state index >= 15 is 0 Å². The van der Waals surface area contributed by atoms with E-state index in [1.54, 1.807) is 4.90 Å². The Morgan fingerprint density at radius 1 is 1.09 bits per heavy atom. The van der Waals surface area contributed by atoms with Crippen LogP contribution in [0.4, 0.5) is 4.39 Å². The summed E-state index contributed by atoms with van der Waals surface area (Å²) >= 11 is 0. The summed E-state index contributed by atoms with van der Waals surface area (Å²) in [7, 11) is -3.86. The molecule has 1 aromatic carbocycles. The number of amides is 1. The highest BCUT2D eigenvalue weighted by atomic mass is 32.2. The molecule has 7 heteroatoms. The van der Waals surface area contributed by atoms with Crippen LogP contribution in [0.2, 0.25) is 0 Å². The fraction of sp³-hybridized carbons (Fsp3) is 0.533. The molecule has 0 atom stereocenters. The van der Waals surface area contributed by atoms with E-state index in [-0.39, 0.29) is 23.9 Å². The number of rotatable bonds is 2. The zero-order chi connectivity index (χ0) is 16.5. The Bertz CT molecular complexity index is 660. The lowest BCUT2D eigenvalue weighted by molar-refractivity contribution is -0.140. The highest BCUT2D eigenvalue weighted by Crippen LogP contribution is 2.23. The van der Waals surface area contributed by atoms with Crippen molar-refractivity contribution < 1.29 is 17.6 Å². The van der Waals surface area contributed by atoms with E-state index in [2.05, 4.69) is 0 Å². The van der Waals surface area contributed by atoms with E-state index in [9.17, 15) is 17.6 Å². The van der Waals surface area contributed by atoms with E-state index in [4.69, 9.17) is 0 Å². The van der Waals surface area contributed by atoms with Gasteiger partial charge in [-0.15, -0.1) is 0 Å². The van der Waals surface area contributed by atoms with E-state index < -0.39 is 21.3 Å². The summed E-state index contributed by atoms with van der Waals surface area (Å²) in [4.78, 5) is 13.5. The average molecular weight is 328 g/mol. The van der Waals surface area contributed by atoms with Gasteiger partial charge in [-0.2, -0.15) is 4.31 Å². The van der Waals surface area contributed by atoms with Crippen molar-refractivity contribution in [1.82, 2.24) is 9.21 Å². The first-order valence-electron chi connectivity index (χ1n) is 7.18. The molecule has 1 amide bonds. The number of hydrogen-bond donors (Lipinski definition) is 0. The molecule has 1 aromatic rings. The molecule has 1 fully saturated rings. The molecule has 122 valence electrons. The van der Waals surface area contributed by atoms with Crippen LogP contribution in [0.3, 0.4) is 0 Å². The number of benzene rings is 1. The lowest BCUT2D eigenvalue weighted by atomic mass is 9.94. The van der Waals surface area contributed by atoms with Crippen LogP contribution in [0.5, 0.6) is 0 Å². The summed E-state index contributed by atoms with van der Waals surface area (Å²) in [5, 5.41) is 0. The number of piperazine rings is 1. The molecule has 5 nitrogen and oxygen atoms in total. The van der Waals surface area contributed by atoms with Gasteiger partial charge in [-0.1, -0.05) is 32.9 Å². The third-order valence-electron chi connectivity index (χ3n) is 3.62. The van der Waals surface area contributed by atoms with Crippen LogP contribution < -0.4 is 0 Å². The SMILES string of the molecule is CC(C)(C)C(=O)N1CCN(S(=O)(=O)c2ccccc2F)CC1. The lowest BCUT2D eigenvalue weighted by Gasteiger charge is -2.37. The third kappa shape index (κ3) is 3.30. The Morgan fingerprint density at radius 2 is 1.64 bits per heavy atom. The van der Waals surface area contributed by atoms with E-state index in [1.165, 1.54) is 22.5 Å². The van der Waals surface area contributed by atoms with Crippen molar-refractivity contribution in [3.05, 3.63) is 30.1 Å². The molecule has 0 saturated carbocycles. The first kappa shape index (κ1) is 16.9. The predicted molar refractivity (Wildman–Crippen MR) is 81.2 cm³/mol. The van der Waals surface area contributed by atoms with E-state index in [0.717, 1.165) is 6.07 Å². The first-order chi connectivity index (χ1) is 10.1. The van der Waals surface area contributed by atoms with E-state index in [0.29, 0.717) is 13.1 Å². The largest absolute Gasteiger partial charge is 0.340 e. The number of carbonyl (C=O) groups excluding carboxylic acids is 1. The van der Waals surface area contributed by atoms with Gasteiger partial charge in [-0.3, -0.25) is 4.79 Å². The highest BCUT2D eigenvalue weighted by molar-refractivity contribution is 7.89. The standard InChI is InChI=1S/C15H21FN2O3S/c1-15(2,3)14(19)17-8-10-18(11-9-17)22(20,21)13-7-5-4-6-12(13)16/h4-7H,8-11H2,1-3H3. The summed E-state index contributed by atoms with van der Waals surface area (Å²) in [6, 6.07) is 5.34. The monoisotopic (exact) mass is 328 g/mol. The van der Waals surface area contributed by atoms with Gasteiger partial charge in [-0.05, 0) is 12.1 Å². The topological polar surface area (TPSA) is 57.7 Å². The Labute approximate surface area is 130 Å². The zero-order valence-corrected chi connectivity index (χ0v) is 13.9. The Kier molecular flexibility index (Phi) is 4.58. The van der Waals surface area contributed by atoms with Crippen molar-refractivity contribution in [2.24, 2.45) is 5.41 Å². The van der Waals surface area contributed by atoms with Gasteiger partial charge in [-0.25, -0.2) is 12.8 Å². The van der Waals surface area contributed by atoms with Gasteiger partial charge in [0.15, 0.2) is 0 Å². The minimum absolute atomic E-state index is 0.00422. The van der Waals surface area contributed by atoms with Crippen molar-refractivity contribution in [3.8, 4) is 0 Å². The molecule has 2 rings (SSSR count). The second kappa shape index (κ2) is 5.96. The number of hydrogen-bond acceptors (Lipinski definition) is 3. The van der Waals surface area contributed by atoms with Gasteiger partial charge in [0.2, 0.25) is 15.9 Å². The van der Waals surface area contributed by atoms with Gasteiger partial charge in [0.25, 0.3) is 0 Å². The summed E-state index contributed by atoms with van der Waals surface area (Å²) in [5.41, 5.74) is -0.493. The van der Waals surface area contributed by atoms with Crippen molar-refractivity contribution in [1.29, 1.82) is 0 Å². The third-order valence-corrected chi connectivity index (χ3v) is 5.55. The molecule has 0 N–H and O–H groups in total. The van der Waals surface area contributed by atoms with Gasteiger partial charge in [0.1, 0.15) is 10.7 Å². The molecule has 0 aromatic heterocycles. The molecule has 1 aliphatic rings. The predicted octanol–water partition coefficient (Wildman–Crippen LogP) is 1.70. The van der Waals surface area contributed by atoms with Gasteiger partial charge >= 0.3 is 0 Å². The van der Waals surface area contributed by atoms with E-state index in [1.807, 2.05) is 20.8 Å². The molecule has 1 aliphatic heterocycles. The molecule has 0 bridgehead atoms. The molecule has 0 radical (unpaired) electrons. The lowest BCUT2D eigenvalue weighted by Crippen LogP contribution is -2.53. The molecule has 22 heavy (non-hydrogen) atoms. The number of halogens is 1. The van der Waals surface area contributed by atoms with Gasteiger partial charge < -0.3 is 4.90 Å². The number of nitrogens with zero attached hydrogens (tertiary/aromatic N) is 2. The maximum atomic E-state index is 13.7. The van der Waals surface area contributed by atoms with Gasteiger partial charge in [0, 0.05) is 31.6 Å². The Balaban J connectivity index is 2.12. The minimum atomic E-state index is -3.86. The highest BCUT2D eigenvalue weighted by Gasteiger charge is 2.34. The van der Waals surface area contributed by atoms with Crippen LogP contribution in [0.1, 0.15) is 20.8 Å². The Morgan fingerprint density at radius 3 is 2.14 bits per heavy atom. The molecular weight excluding hydrogens is 307 g/mol. The molecular formula is C15H21FN2O3S. The summed E-state index contributed by atoms with van der Waals surface area (Å²) in [6.07, 6.45) is 0. The zero-order valence-electron chi connectivity index (χ0n) is 13.0. The second-order valence-corrected chi connectivity index (χ2v) is 8.28. The van der Waals surface area contributed by atoms with Crippen LogP contribution in [0, 0.1) is 11.2 Å². The maximum Gasteiger partial charge on any atom is 0.246 e. The molecule has 1 heterocycles. The van der Waals surface area contributed by atoms with Gasteiger partial charge in [0.05, 0.1) is 0 Å². The van der Waals surface area contributed by atoms with Crippen LogP contribution in [-0.2, 0) is 14.8 Å². The van der Waals surface area contributed by atoms with Crippen molar-refractivity contribution in [2.45, 2.75) is 25.7 Å². The van der Waals surface area contributed by atoms with Crippen molar-refractivity contribution in [3.63, 3.8) is 0 Å². The van der Waals surface area contributed by atoms with Crippen LogP contribution in [0.15, 0.2) is 29.2 Å². The van der Waals surface area contributed by atoms with Crippen LogP contribution in [-0.4, -0.2) is 49.7 Å². The Hall–Kier alpha value is -1.47. The summed E-state index contributed by atoms with van der Waals surface area (Å²) in [6.45, 7) is 6.50. The second-order valence-electron chi connectivity index (χ2n) is 6.38. The average Bonchev–Trinajstić information content (AvgIpc) is 2.46. The minimum Gasteiger partial charge on any atom is -0.340 e. The fourth-order valence-electron chi connectivity index (χ4n) is 2.40. The quantitative estimate of drug-likeness (QED) is 0.830. The fourth-order valence-corrected chi connectivity index (χ4v) is 3.89. The van der Waals surface area contributed by atoms with Crippen LogP contribution >= 0.6 is 0 Å². The van der Waals surface area contributed by atoms with Crippen LogP contribution in [0.25, 0.3) is 0 Å². The normalized spacial score (nSPS) is 17.5. The van der Waals surface area contributed by atoms with Crippen molar-refractivity contribution in [2.75, 3.05) is 26.2 Å². The number of carbonyl (C=O) groups is 1. The number of sulfonamides is 1. The molecule has 1 saturated heterocycles. The summed E-state index contributed by atoms with van der Waals surface area (Å²) < 4.78 is 39.9. The maximum absolute atomic E-state index is 13.7. The van der Waals surface area contributed by atoms with Crippen molar-refractivity contribution >= 4 is 15.9 Å². The summed E-state index contributed by atoms with van der Waals surface area (Å²) in [5.74, 6) is -0.758. The first-order valence-corrected chi connectivity index (χ1v) is 8.62. The smallest absolute Gasteiger partial charge is 0.246 e. The molecule has 0 spiro atoms. The molecule has 0 unspecified atom stereocenters. The molecule has 0 aliphatic carbocycles.